The Kier molecular flexibility index (Phi) is 4.44. The van der Waals surface area contributed by atoms with Crippen LogP contribution in [0.4, 0.5) is 18.9 Å². The lowest BCUT2D eigenvalue weighted by atomic mass is 10.2. The van der Waals surface area contributed by atoms with Gasteiger partial charge in [0.2, 0.25) is 0 Å². The first kappa shape index (κ1) is 13.1. The lowest BCUT2D eigenvalue weighted by Gasteiger charge is -2.11. The van der Waals surface area contributed by atoms with Gasteiger partial charge in [-0.3, -0.25) is 0 Å². The van der Waals surface area contributed by atoms with Crippen LogP contribution in [0.25, 0.3) is 0 Å². The molecule has 0 saturated heterocycles. The van der Waals surface area contributed by atoms with Crippen LogP contribution in [-0.2, 0) is 6.18 Å². The van der Waals surface area contributed by atoms with E-state index < -0.39 is 11.7 Å². The van der Waals surface area contributed by atoms with E-state index >= 15 is 0 Å². The van der Waals surface area contributed by atoms with Gasteiger partial charge in [0, 0.05) is 13.2 Å². The molecule has 0 aliphatic heterocycles. The van der Waals surface area contributed by atoms with E-state index in [1.807, 2.05) is 0 Å². The van der Waals surface area contributed by atoms with E-state index in [0.717, 1.165) is 12.1 Å². The van der Waals surface area contributed by atoms with Crippen LogP contribution in [0.2, 0.25) is 5.02 Å². The maximum Gasteiger partial charge on any atom is 0.416 e. The molecular formula is C10H11ClF3NO. The molecule has 6 heteroatoms. The van der Waals surface area contributed by atoms with Gasteiger partial charge in [-0.15, -0.1) is 0 Å². The van der Waals surface area contributed by atoms with E-state index in [9.17, 15) is 13.2 Å². The predicted molar refractivity (Wildman–Crippen MR) is 56.6 cm³/mol. The van der Waals surface area contributed by atoms with Crippen LogP contribution in [0, 0.1) is 0 Å². The summed E-state index contributed by atoms with van der Waals surface area (Å²) in [5.41, 5.74) is -0.340. The maximum absolute atomic E-state index is 12.3. The van der Waals surface area contributed by atoms with E-state index in [2.05, 4.69) is 5.32 Å². The highest BCUT2D eigenvalue weighted by Gasteiger charge is 2.30. The van der Waals surface area contributed by atoms with Crippen LogP contribution in [0.15, 0.2) is 18.2 Å². The summed E-state index contributed by atoms with van der Waals surface area (Å²) in [5.74, 6) is 0. The van der Waals surface area contributed by atoms with Gasteiger partial charge < -0.3 is 10.4 Å². The molecule has 1 aromatic rings. The van der Waals surface area contributed by atoms with E-state index in [1.54, 1.807) is 0 Å². The molecule has 90 valence electrons. The third-order valence-electron chi connectivity index (χ3n) is 1.95. The van der Waals surface area contributed by atoms with Gasteiger partial charge in [-0.2, -0.15) is 13.2 Å². The molecule has 0 heterocycles. The zero-order chi connectivity index (χ0) is 12.2. The summed E-state index contributed by atoms with van der Waals surface area (Å²) in [6.45, 7) is 0.479. The van der Waals surface area contributed by atoms with Crippen molar-refractivity contribution in [2.45, 2.75) is 12.6 Å². The number of aliphatic hydroxyl groups excluding tert-OH is 1. The molecule has 1 aromatic carbocycles. The summed E-state index contributed by atoms with van der Waals surface area (Å²) in [7, 11) is 0. The van der Waals surface area contributed by atoms with Gasteiger partial charge in [0.05, 0.1) is 16.3 Å². The van der Waals surface area contributed by atoms with E-state index in [1.165, 1.54) is 6.07 Å². The molecule has 0 fully saturated rings. The molecule has 0 radical (unpaired) electrons. The Hall–Kier alpha value is -0.940. The van der Waals surface area contributed by atoms with Crippen LogP contribution in [0.5, 0.6) is 0 Å². The van der Waals surface area contributed by atoms with Crippen LogP contribution in [0.3, 0.4) is 0 Å². The van der Waals surface area contributed by atoms with Crippen molar-refractivity contribution >= 4 is 17.3 Å². The van der Waals surface area contributed by atoms with Gasteiger partial charge in [0.25, 0.3) is 0 Å². The number of benzene rings is 1. The molecule has 0 aliphatic carbocycles. The van der Waals surface area contributed by atoms with Crippen molar-refractivity contribution in [3.8, 4) is 0 Å². The summed E-state index contributed by atoms with van der Waals surface area (Å²) >= 11 is 5.69. The molecule has 0 aromatic heterocycles. The average Bonchev–Trinajstić information content (AvgIpc) is 2.19. The van der Waals surface area contributed by atoms with Gasteiger partial charge >= 0.3 is 6.18 Å². The minimum atomic E-state index is -4.38. The van der Waals surface area contributed by atoms with Crippen molar-refractivity contribution in [3.63, 3.8) is 0 Å². The highest BCUT2D eigenvalue weighted by atomic mass is 35.5. The van der Waals surface area contributed by atoms with Crippen molar-refractivity contribution in [1.82, 2.24) is 0 Å². The Morgan fingerprint density at radius 2 is 2.00 bits per heavy atom. The summed E-state index contributed by atoms with van der Waals surface area (Å²) in [4.78, 5) is 0. The van der Waals surface area contributed by atoms with Crippen molar-refractivity contribution in [1.29, 1.82) is 0 Å². The summed E-state index contributed by atoms with van der Waals surface area (Å²) in [6.07, 6.45) is -3.87. The molecule has 0 saturated carbocycles. The monoisotopic (exact) mass is 253 g/mol. The molecule has 0 aliphatic rings. The van der Waals surface area contributed by atoms with Crippen molar-refractivity contribution < 1.29 is 18.3 Å². The standard InChI is InChI=1S/C10H11ClF3NO/c11-8-6-7(10(12,13)14)2-3-9(8)15-4-1-5-16/h2-3,6,15-16H,1,4-5H2. The van der Waals surface area contributed by atoms with E-state index in [4.69, 9.17) is 16.7 Å². The molecule has 0 atom stereocenters. The largest absolute Gasteiger partial charge is 0.416 e. The smallest absolute Gasteiger partial charge is 0.396 e. The first-order valence-corrected chi connectivity index (χ1v) is 5.04. The number of alkyl halides is 3. The minimum absolute atomic E-state index is 0.0191. The number of rotatable bonds is 4. The fourth-order valence-corrected chi connectivity index (χ4v) is 1.38. The second-order valence-electron chi connectivity index (χ2n) is 3.20. The Bertz CT molecular complexity index is 354. The maximum atomic E-state index is 12.3. The van der Waals surface area contributed by atoms with Crippen LogP contribution in [-0.4, -0.2) is 18.3 Å². The highest BCUT2D eigenvalue weighted by molar-refractivity contribution is 6.33. The summed E-state index contributed by atoms with van der Waals surface area (Å²) in [6, 6.07) is 3.12. The zero-order valence-electron chi connectivity index (χ0n) is 8.31. The SMILES string of the molecule is OCCCNc1ccc(C(F)(F)F)cc1Cl. The Morgan fingerprint density at radius 1 is 1.31 bits per heavy atom. The normalized spacial score (nSPS) is 11.6. The predicted octanol–water partition coefficient (Wildman–Crippen LogP) is 3.15. The fraction of sp³-hybridized carbons (Fsp3) is 0.400. The molecule has 2 nitrogen and oxygen atoms in total. The molecule has 0 bridgehead atoms. The summed E-state index contributed by atoms with van der Waals surface area (Å²) in [5, 5.41) is 11.4. The number of hydrogen-bond donors (Lipinski definition) is 2. The van der Waals surface area contributed by atoms with E-state index in [0.29, 0.717) is 18.7 Å². The van der Waals surface area contributed by atoms with Crippen molar-refractivity contribution in [2.75, 3.05) is 18.5 Å². The lowest BCUT2D eigenvalue weighted by molar-refractivity contribution is -0.137. The van der Waals surface area contributed by atoms with Crippen molar-refractivity contribution in [2.24, 2.45) is 0 Å². The molecular weight excluding hydrogens is 243 g/mol. The lowest BCUT2D eigenvalue weighted by Crippen LogP contribution is -2.07. The second kappa shape index (κ2) is 5.41. The Morgan fingerprint density at radius 3 is 2.50 bits per heavy atom. The number of halogens is 4. The molecule has 0 unspecified atom stereocenters. The third kappa shape index (κ3) is 3.57. The molecule has 2 N–H and O–H groups in total. The number of aliphatic hydroxyl groups is 1. The second-order valence-corrected chi connectivity index (χ2v) is 3.60. The van der Waals surface area contributed by atoms with E-state index in [-0.39, 0.29) is 11.6 Å². The van der Waals surface area contributed by atoms with Crippen molar-refractivity contribution in [3.05, 3.63) is 28.8 Å². The Balaban J connectivity index is 2.76. The third-order valence-corrected chi connectivity index (χ3v) is 2.26. The van der Waals surface area contributed by atoms with Gasteiger partial charge in [-0.05, 0) is 24.6 Å². The van der Waals surface area contributed by atoms with Crippen LogP contribution < -0.4 is 5.32 Å². The zero-order valence-corrected chi connectivity index (χ0v) is 9.07. The topological polar surface area (TPSA) is 32.3 Å². The van der Waals surface area contributed by atoms with Gasteiger partial charge in [0.1, 0.15) is 0 Å². The first-order valence-electron chi connectivity index (χ1n) is 4.66. The molecule has 16 heavy (non-hydrogen) atoms. The highest BCUT2D eigenvalue weighted by Crippen LogP contribution is 2.33. The molecule has 1 rings (SSSR count). The number of nitrogens with one attached hydrogen (secondary N) is 1. The average molecular weight is 254 g/mol. The van der Waals surface area contributed by atoms with Gasteiger partial charge in [-0.1, -0.05) is 11.6 Å². The minimum Gasteiger partial charge on any atom is -0.396 e. The molecule has 0 amide bonds. The van der Waals surface area contributed by atoms with Crippen LogP contribution in [0.1, 0.15) is 12.0 Å². The van der Waals surface area contributed by atoms with Gasteiger partial charge in [-0.25, -0.2) is 0 Å². The number of hydrogen-bond acceptors (Lipinski definition) is 2. The molecule has 0 spiro atoms. The van der Waals surface area contributed by atoms with Crippen LogP contribution >= 0.6 is 11.6 Å². The number of anilines is 1. The first-order chi connectivity index (χ1) is 7.45. The van der Waals surface area contributed by atoms with Gasteiger partial charge in [0.15, 0.2) is 0 Å². The quantitative estimate of drug-likeness (QED) is 0.808. The fourth-order valence-electron chi connectivity index (χ4n) is 1.14. The summed E-state index contributed by atoms with van der Waals surface area (Å²) < 4.78 is 36.9. The Labute approximate surface area is 96.0 Å².